The summed E-state index contributed by atoms with van der Waals surface area (Å²) in [4.78, 5) is 40.2. The molecule has 0 aliphatic carbocycles. The summed E-state index contributed by atoms with van der Waals surface area (Å²) in [5, 5.41) is 5.76. The van der Waals surface area contributed by atoms with Crippen molar-refractivity contribution in [3.05, 3.63) is 95.1 Å². The Morgan fingerprint density at radius 1 is 1.03 bits per heavy atom. The molecule has 8 nitrogen and oxygen atoms in total. The fourth-order valence-corrected chi connectivity index (χ4v) is 4.19. The maximum absolute atomic E-state index is 13.2. The number of anilines is 1. The van der Waals surface area contributed by atoms with Crippen LogP contribution in [0.4, 0.5) is 10.5 Å². The molecule has 1 fully saturated rings. The first-order chi connectivity index (χ1) is 17.7. The average molecular weight is 502 g/mol. The third kappa shape index (κ3) is 6.09. The predicted molar refractivity (Wildman–Crippen MR) is 140 cm³/mol. The lowest BCUT2D eigenvalue weighted by Crippen LogP contribution is -2.48. The Morgan fingerprint density at radius 2 is 1.73 bits per heavy atom. The van der Waals surface area contributed by atoms with Crippen molar-refractivity contribution in [3.8, 4) is 5.75 Å². The minimum atomic E-state index is -0.839. The zero-order chi connectivity index (χ0) is 26.5. The molecule has 37 heavy (non-hydrogen) atoms. The molecule has 1 aliphatic heterocycles. The van der Waals surface area contributed by atoms with Gasteiger partial charge in [-0.05, 0) is 62.2 Å². The van der Waals surface area contributed by atoms with Crippen LogP contribution in [-0.4, -0.2) is 42.0 Å². The van der Waals surface area contributed by atoms with Gasteiger partial charge in [-0.2, -0.15) is 0 Å². The smallest absolute Gasteiger partial charge is 0.411 e. The van der Waals surface area contributed by atoms with Crippen molar-refractivity contribution in [1.29, 1.82) is 0 Å². The highest BCUT2D eigenvalue weighted by atomic mass is 16.6. The van der Waals surface area contributed by atoms with Crippen molar-refractivity contribution in [3.63, 3.8) is 0 Å². The zero-order valence-corrected chi connectivity index (χ0v) is 21.4. The second-order valence-electron chi connectivity index (χ2n) is 9.33. The van der Waals surface area contributed by atoms with Gasteiger partial charge < -0.3 is 20.1 Å². The minimum absolute atomic E-state index is 0.0979. The van der Waals surface area contributed by atoms with E-state index in [0.717, 1.165) is 11.1 Å². The van der Waals surface area contributed by atoms with E-state index in [0.29, 0.717) is 22.6 Å². The molecule has 2 atom stereocenters. The van der Waals surface area contributed by atoms with Gasteiger partial charge in [0.15, 0.2) is 12.1 Å². The number of amides is 3. The van der Waals surface area contributed by atoms with E-state index in [1.165, 1.54) is 4.90 Å². The highest BCUT2D eigenvalue weighted by Gasteiger charge is 2.47. The third-order valence-electron chi connectivity index (χ3n) is 6.09. The lowest BCUT2D eigenvalue weighted by atomic mass is 10.00. The lowest BCUT2D eigenvalue weighted by molar-refractivity contribution is -0.126. The highest BCUT2D eigenvalue weighted by Crippen LogP contribution is 2.34. The summed E-state index contributed by atoms with van der Waals surface area (Å²) >= 11 is 0. The van der Waals surface area contributed by atoms with Gasteiger partial charge in [-0.3, -0.25) is 14.5 Å². The molecule has 192 valence electrons. The molecular weight excluding hydrogens is 470 g/mol. The molecule has 4 rings (SSSR count). The molecular formula is C29H31N3O5. The van der Waals surface area contributed by atoms with E-state index in [-0.39, 0.29) is 24.4 Å². The summed E-state index contributed by atoms with van der Waals surface area (Å²) < 4.78 is 10.9. The van der Waals surface area contributed by atoms with E-state index >= 15 is 0 Å². The first-order valence-corrected chi connectivity index (χ1v) is 12.1. The highest BCUT2D eigenvalue weighted by molar-refractivity contribution is 6.04. The van der Waals surface area contributed by atoms with Gasteiger partial charge in [-0.15, -0.1) is 0 Å². The topological polar surface area (TPSA) is 97.0 Å². The Hall–Kier alpha value is -4.33. The Balaban J connectivity index is 1.54. The summed E-state index contributed by atoms with van der Waals surface area (Å²) in [6, 6.07) is 20.7. The monoisotopic (exact) mass is 501 g/mol. The number of rotatable bonds is 8. The molecule has 0 bridgehead atoms. The van der Waals surface area contributed by atoms with Crippen LogP contribution >= 0.6 is 0 Å². The minimum Gasteiger partial charge on any atom is -0.497 e. The Kier molecular flexibility index (Phi) is 7.77. The summed E-state index contributed by atoms with van der Waals surface area (Å²) in [6.45, 7) is 5.98. The fraction of sp³-hybridized carbons (Fsp3) is 0.276. The molecule has 1 saturated heterocycles. The summed E-state index contributed by atoms with van der Waals surface area (Å²) in [7, 11) is 1.54. The maximum Gasteiger partial charge on any atom is 0.411 e. The van der Waals surface area contributed by atoms with Crippen LogP contribution in [-0.2, 0) is 16.1 Å². The van der Waals surface area contributed by atoms with Gasteiger partial charge in [0.1, 0.15) is 5.75 Å². The van der Waals surface area contributed by atoms with Gasteiger partial charge in [-0.1, -0.05) is 48.0 Å². The van der Waals surface area contributed by atoms with Crippen molar-refractivity contribution in [2.45, 2.75) is 45.5 Å². The summed E-state index contributed by atoms with van der Waals surface area (Å²) in [5.41, 5.74) is 3.70. The number of methoxy groups -OCH3 is 1. The van der Waals surface area contributed by atoms with Gasteiger partial charge >= 0.3 is 6.09 Å². The van der Waals surface area contributed by atoms with Gasteiger partial charge in [0.05, 0.1) is 13.7 Å². The molecule has 8 heteroatoms. The number of nitrogens with zero attached hydrogens (tertiary/aromatic N) is 1. The van der Waals surface area contributed by atoms with E-state index in [1.54, 1.807) is 55.6 Å². The van der Waals surface area contributed by atoms with Gasteiger partial charge in [-0.25, -0.2) is 4.79 Å². The number of ether oxygens (including phenoxy) is 2. The number of carbonyl (C=O) groups is 3. The normalized spacial score (nSPS) is 16.9. The van der Waals surface area contributed by atoms with Crippen molar-refractivity contribution in [1.82, 2.24) is 10.2 Å². The first-order valence-electron chi connectivity index (χ1n) is 12.1. The van der Waals surface area contributed by atoms with Gasteiger partial charge in [0.25, 0.3) is 5.91 Å². The van der Waals surface area contributed by atoms with E-state index in [4.69, 9.17) is 9.47 Å². The number of carbonyl (C=O) groups excluding carboxylic acids is 3. The lowest BCUT2D eigenvalue weighted by Gasteiger charge is -2.25. The number of nitrogens with one attached hydrogen (secondary N) is 2. The third-order valence-corrected chi connectivity index (χ3v) is 6.09. The van der Waals surface area contributed by atoms with Crippen molar-refractivity contribution < 1.29 is 23.9 Å². The van der Waals surface area contributed by atoms with Gasteiger partial charge in [0, 0.05) is 17.3 Å². The van der Waals surface area contributed by atoms with Crippen LogP contribution in [0.25, 0.3) is 0 Å². The van der Waals surface area contributed by atoms with Crippen molar-refractivity contribution in [2.75, 3.05) is 12.4 Å². The quantitative estimate of drug-likeness (QED) is 0.460. The van der Waals surface area contributed by atoms with Crippen LogP contribution in [0, 0.1) is 6.92 Å². The molecule has 2 N–H and O–H groups in total. The fourth-order valence-electron chi connectivity index (χ4n) is 4.19. The molecule has 3 aromatic carbocycles. The molecule has 1 aliphatic rings. The molecule has 1 heterocycles. The average Bonchev–Trinajstić information content (AvgIpc) is 3.21. The van der Waals surface area contributed by atoms with E-state index < -0.39 is 18.2 Å². The van der Waals surface area contributed by atoms with E-state index in [2.05, 4.69) is 10.6 Å². The Bertz CT molecular complexity index is 1270. The number of cyclic esters (lactones) is 1. The molecule has 0 aromatic heterocycles. The summed E-state index contributed by atoms with van der Waals surface area (Å²) in [6.07, 6.45) is -1.34. The van der Waals surface area contributed by atoms with E-state index in [9.17, 15) is 14.4 Å². The number of aryl methyl sites for hydroxylation is 1. The second-order valence-corrected chi connectivity index (χ2v) is 9.33. The maximum atomic E-state index is 13.2. The molecule has 3 amide bonds. The Morgan fingerprint density at radius 3 is 2.38 bits per heavy atom. The Labute approximate surface area is 216 Å². The molecule has 0 saturated carbocycles. The van der Waals surface area contributed by atoms with Gasteiger partial charge in [0.2, 0.25) is 5.91 Å². The number of hydrogen-bond acceptors (Lipinski definition) is 5. The van der Waals surface area contributed by atoms with E-state index in [1.807, 2.05) is 45.0 Å². The first kappa shape index (κ1) is 25.8. The zero-order valence-electron chi connectivity index (χ0n) is 21.4. The molecule has 0 unspecified atom stereocenters. The van der Waals surface area contributed by atoms with Crippen LogP contribution in [0.3, 0.4) is 0 Å². The van der Waals surface area contributed by atoms with Crippen LogP contribution in [0.5, 0.6) is 5.75 Å². The van der Waals surface area contributed by atoms with Crippen molar-refractivity contribution >= 4 is 23.6 Å². The second kappa shape index (κ2) is 11.2. The SMILES string of the molecule is COc1cccc(C(=O)Nc2ccc([C@@H]3OC(=O)N(Cc4ccc(C)cc4)[C@@H]3C(=O)NC(C)C)cc2)c1. The van der Waals surface area contributed by atoms with Crippen LogP contribution in [0.15, 0.2) is 72.8 Å². The predicted octanol–water partition coefficient (Wildman–Crippen LogP) is 4.84. The van der Waals surface area contributed by atoms with Crippen LogP contribution < -0.4 is 15.4 Å². The summed E-state index contributed by atoms with van der Waals surface area (Å²) in [5.74, 6) is 0.0257. The van der Waals surface area contributed by atoms with Crippen molar-refractivity contribution in [2.24, 2.45) is 0 Å². The van der Waals surface area contributed by atoms with Crippen LogP contribution in [0.1, 0.15) is 47.0 Å². The molecule has 0 radical (unpaired) electrons. The number of benzene rings is 3. The largest absolute Gasteiger partial charge is 0.497 e. The molecule has 3 aromatic rings. The molecule has 0 spiro atoms. The van der Waals surface area contributed by atoms with Crippen LogP contribution in [0.2, 0.25) is 0 Å². The number of hydrogen-bond donors (Lipinski definition) is 2. The standard InChI is InChI=1S/C29H31N3O5/c1-18(2)30-28(34)25-26(37-29(35)32(25)17-20-10-8-19(3)9-11-20)21-12-14-23(15-13-21)31-27(33)22-6-5-7-24(16-22)36-4/h5-16,18,25-26H,17H2,1-4H3,(H,30,34)(H,31,33)/t25-,26-/m0/s1.